The van der Waals surface area contributed by atoms with Gasteiger partial charge in [-0.1, -0.05) is 28.1 Å². The van der Waals surface area contributed by atoms with Gasteiger partial charge in [-0.05, 0) is 43.9 Å². The smallest absolute Gasteiger partial charge is 0.106 e. The van der Waals surface area contributed by atoms with Crippen molar-refractivity contribution in [3.05, 3.63) is 28.2 Å². The van der Waals surface area contributed by atoms with Gasteiger partial charge in [0.15, 0.2) is 0 Å². The van der Waals surface area contributed by atoms with Crippen molar-refractivity contribution >= 4 is 38.8 Å². The summed E-state index contributed by atoms with van der Waals surface area (Å²) in [5, 5.41) is 9.22. The van der Waals surface area contributed by atoms with E-state index < -0.39 is 0 Å². The first-order chi connectivity index (χ1) is 9.13. The molecule has 1 aromatic carbocycles. The molecule has 1 aromatic rings. The predicted molar refractivity (Wildman–Crippen MR) is 86.7 cm³/mol. The van der Waals surface area contributed by atoms with Crippen LogP contribution in [0.25, 0.3) is 0 Å². The zero-order valence-electron chi connectivity index (χ0n) is 10.8. The van der Waals surface area contributed by atoms with Crippen LogP contribution in [0.5, 0.6) is 0 Å². The van der Waals surface area contributed by atoms with Crippen molar-refractivity contribution in [3.63, 3.8) is 0 Å². The van der Waals surface area contributed by atoms with E-state index in [2.05, 4.69) is 26.9 Å². The van der Waals surface area contributed by atoms with Gasteiger partial charge in [-0.3, -0.25) is 0 Å². The monoisotopic (exact) mass is 342 g/mol. The van der Waals surface area contributed by atoms with E-state index in [1.54, 1.807) is 0 Å². The topological polar surface area (TPSA) is 49.5 Å². The zero-order valence-corrected chi connectivity index (χ0v) is 13.2. The lowest BCUT2D eigenvalue weighted by Gasteiger charge is -2.38. The Morgan fingerprint density at radius 1 is 1.47 bits per heavy atom. The average molecular weight is 343 g/mol. The molecular weight excluding hydrogens is 324 g/mol. The number of piperidine rings is 1. The van der Waals surface area contributed by atoms with Crippen molar-refractivity contribution in [2.24, 2.45) is 5.73 Å². The van der Waals surface area contributed by atoms with E-state index in [-0.39, 0.29) is 6.61 Å². The zero-order chi connectivity index (χ0) is 13.8. The molecule has 3 N–H and O–H groups in total. The van der Waals surface area contributed by atoms with Gasteiger partial charge < -0.3 is 15.7 Å². The summed E-state index contributed by atoms with van der Waals surface area (Å²) in [7, 11) is 0. The van der Waals surface area contributed by atoms with E-state index in [1.807, 2.05) is 12.1 Å². The van der Waals surface area contributed by atoms with Crippen molar-refractivity contribution < 1.29 is 5.11 Å². The second-order valence-corrected chi connectivity index (χ2v) is 6.24. The van der Waals surface area contributed by atoms with Gasteiger partial charge in [0.1, 0.15) is 4.99 Å². The van der Waals surface area contributed by atoms with Gasteiger partial charge >= 0.3 is 0 Å². The van der Waals surface area contributed by atoms with Crippen LogP contribution in [0.3, 0.4) is 0 Å². The highest BCUT2D eigenvalue weighted by molar-refractivity contribution is 9.10. The first-order valence-electron chi connectivity index (χ1n) is 6.60. The van der Waals surface area contributed by atoms with Crippen molar-refractivity contribution in [2.75, 3.05) is 18.1 Å². The molecule has 0 aliphatic carbocycles. The standard InChI is InChI=1S/C14H19BrN2OS/c15-10-4-5-13(12(9-10)14(16)19)17-7-2-1-3-11(17)6-8-18/h4-5,9,11,18H,1-3,6-8H2,(H2,16,19). The third-order valence-electron chi connectivity index (χ3n) is 3.62. The summed E-state index contributed by atoms with van der Waals surface area (Å²) in [6.45, 7) is 1.22. The third kappa shape index (κ3) is 3.46. The van der Waals surface area contributed by atoms with Gasteiger partial charge in [0, 0.05) is 34.9 Å². The molecule has 1 saturated heterocycles. The molecule has 104 valence electrons. The minimum absolute atomic E-state index is 0.222. The summed E-state index contributed by atoms with van der Waals surface area (Å²) in [5.41, 5.74) is 7.85. The van der Waals surface area contributed by atoms with Crippen LogP contribution in [-0.2, 0) is 0 Å². The van der Waals surface area contributed by atoms with Crippen LogP contribution < -0.4 is 10.6 Å². The molecule has 0 aromatic heterocycles. The molecule has 2 rings (SSSR count). The minimum Gasteiger partial charge on any atom is -0.396 e. The largest absolute Gasteiger partial charge is 0.396 e. The fourth-order valence-electron chi connectivity index (χ4n) is 2.72. The normalized spacial score (nSPS) is 19.5. The molecule has 0 radical (unpaired) electrons. The maximum absolute atomic E-state index is 9.22. The highest BCUT2D eigenvalue weighted by atomic mass is 79.9. The molecular formula is C14H19BrN2OS. The lowest BCUT2D eigenvalue weighted by atomic mass is 9.97. The first kappa shape index (κ1) is 14.8. The van der Waals surface area contributed by atoms with Crippen LogP contribution in [0.1, 0.15) is 31.2 Å². The van der Waals surface area contributed by atoms with Crippen molar-refractivity contribution in [1.82, 2.24) is 0 Å². The molecule has 0 spiro atoms. The van der Waals surface area contributed by atoms with E-state index in [9.17, 15) is 5.11 Å². The summed E-state index contributed by atoms with van der Waals surface area (Å²) in [6, 6.07) is 6.44. The minimum atomic E-state index is 0.222. The number of hydrogen-bond acceptors (Lipinski definition) is 3. The van der Waals surface area contributed by atoms with Crippen molar-refractivity contribution in [3.8, 4) is 0 Å². The highest BCUT2D eigenvalue weighted by Crippen LogP contribution is 2.31. The quantitative estimate of drug-likeness (QED) is 0.826. The van der Waals surface area contributed by atoms with E-state index >= 15 is 0 Å². The molecule has 19 heavy (non-hydrogen) atoms. The lowest BCUT2D eigenvalue weighted by Crippen LogP contribution is -2.41. The maximum Gasteiger partial charge on any atom is 0.106 e. The molecule has 1 unspecified atom stereocenters. The van der Waals surface area contributed by atoms with Gasteiger partial charge in [0.05, 0.1) is 0 Å². The Bertz CT molecular complexity index is 465. The predicted octanol–water partition coefficient (Wildman–Crippen LogP) is 2.82. The Morgan fingerprint density at radius 2 is 2.26 bits per heavy atom. The van der Waals surface area contributed by atoms with Gasteiger partial charge in [0.2, 0.25) is 0 Å². The average Bonchev–Trinajstić information content (AvgIpc) is 2.40. The van der Waals surface area contributed by atoms with E-state index in [1.165, 1.54) is 12.8 Å². The molecule has 1 heterocycles. The van der Waals surface area contributed by atoms with Crippen LogP contribution in [-0.4, -0.2) is 29.3 Å². The number of aliphatic hydroxyl groups is 1. The molecule has 5 heteroatoms. The summed E-state index contributed by atoms with van der Waals surface area (Å²) >= 11 is 8.62. The number of benzene rings is 1. The number of hydrogen-bond donors (Lipinski definition) is 2. The van der Waals surface area contributed by atoms with Gasteiger partial charge in [-0.25, -0.2) is 0 Å². The Kier molecular flexibility index (Phi) is 5.19. The second kappa shape index (κ2) is 6.68. The van der Waals surface area contributed by atoms with Gasteiger partial charge in [-0.15, -0.1) is 0 Å². The Morgan fingerprint density at radius 3 is 2.95 bits per heavy atom. The summed E-state index contributed by atoms with van der Waals surface area (Å²) in [6.07, 6.45) is 4.31. The number of thiocarbonyl (C=S) groups is 1. The maximum atomic E-state index is 9.22. The molecule has 1 fully saturated rings. The number of aliphatic hydroxyl groups excluding tert-OH is 1. The molecule has 1 aliphatic rings. The van der Waals surface area contributed by atoms with E-state index in [0.717, 1.165) is 35.1 Å². The Balaban J connectivity index is 2.35. The fourth-order valence-corrected chi connectivity index (χ4v) is 3.25. The first-order valence-corrected chi connectivity index (χ1v) is 7.80. The van der Waals surface area contributed by atoms with Crippen LogP contribution in [0.15, 0.2) is 22.7 Å². The molecule has 1 aliphatic heterocycles. The Labute approximate surface area is 127 Å². The van der Waals surface area contributed by atoms with E-state index in [0.29, 0.717) is 11.0 Å². The van der Waals surface area contributed by atoms with Gasteiger partial charge in [0.25, 0.3) is 0 Å². The molecule has 0 amide bonds. The number of rotatable bonds is 4. The van der Waals surface area contributed by atoms with Crippen LogP contribution >= 0.6 is 28.1 Å². The SMILES string of the molecule is NC(=S)c1cc(Br)ccc1N1CCCCC1CCO. The molecule has 0 bridgehead atoms. The number of anilines is 1. The Hall–Kier alpha value is -0.650. The number of nitrogens with zero attached hydrogens (tertiary/aromatic N) is 1. The fraction of sp³-hybridized carbons (Fsp3) is 0.500. The van der Waals surface area contributed by atoms with Crippen LogP contribution in [0.4, 0.5) is 5.69 Å². The number of halogens is 1. The summed E-state index contributed by atoms with van der Waals surface area (Å²) < 4.78 is 0.981. The third-order valence-corrected chi connectivity index (χ3v) is 4.34. The van der Waals surface area contributed by atoms with E-state index in [4.69, 9.17) is 18.0 Å². The number of nitrogens with two attached hydrogens (primary N) is 1. The lowest BCUT2D eigenvalue weighted by molar-refractivity contribution is 0.262. The molecule has 1 atom stereocenters. The van der Waals surface area contributed by atoms with Crippen molar-refractivity contribution in [1.29, 1.82) is 0 Å². The molecule has 3 nitrogen and oxygen atoms in total. The van der Waals surface area contributed by atoms with Crippen molar-refractivity contribution in [2.45, 2.75) is 31.7 Å². The summed E-state index contributed by atoms with van der Waals surface area (Å²) in [4.78, 5) is 2.77. The second-order valence-electron chi connectivity index (χ2n) is 4.88. The highest BCUT2D eigenvalue weighted by Gasteiger charge is 2.24. The molecule has 0 saturated carbocycles. The van der Waals surface area contributed by atoms with Gasteiger partial charge in [-0.2, -0.15) is 0 Å². The van der Waals surface area contributed by atoms with Crippen LogP contribution in [0.2, 0.25) is 0 Å². The van der Waals surface area contributed by atoms with Crippen LogP contribution in [0, 0.1) is 0 Å². The summed E-state index contributed by atoms with van der Waals surface area (Å²) in [5.74, 6) is 0.